The minimum absolute atomic E-state index is 0.297. The normalized spacial score (nSPS) is 17.7. The Morgan fingerprint density at radius 2 is 0.717 bits per heavy atom. The van der Waals surface area contributed by atoms with Crippen LogP contribution in [-0.4, -0.2) is 23.6 Å². The predicted octanol–water partition coefficient (Wildman–Crippen LogP) is 6.79. The van der Waals surface area contributed by atoms with E-state index in [9.17, 15) is 19.2 Å². The highest BCUT2D eigenvalue weighted by atomic mass is 32.1. The Morgan fingerprint density at radius 3 is 1.09 bits per heavy atom. The summed E-state index contributed by atoms with van der Waals surface area (Å²) in [7, 11) is 0. The van der Waals surface area contributed by atoms with Gasteiger partial charge in [0, 0.05) is 28.6 Å². The molecule has 0 aliphatic carbocycles. The Bertz CT molecular complexity index is 2340. The highest BCUT2D eigenvalue weighted by Gasteiger charge is 2.43. The quantitative estimate of drug-likeness (QED) is 0.158. The van der Waals surface area contributed by atoms with Gasteiger partial charge >= 0.3 is 0 Å². The standard InChI is InChI=1S/C32H14N4O4S6/c37-29-21-23(27(35-29)19-9-17-13(45-19)5-7-41-17)31(39)33-25(21)15-3-1-11(43-15)12-2-4-16(44-12)26-22-24(32(40)34-26)28(36-30(22)38)20-10-18-14(46-20)6-8-42-18/h1-10H,(H,33,39)(H,34,40)(H,35,37)(H,36,38). The molecular weight excluding hydrogens is 697 g/mol. The Kier molecular flexibility index (Phi) is 5.55. The van der Waals surface area contributed by atoms with Crippen molar-refractivity contribution in [1.82, 2.24) is 21.3 Å². The lowest BCUT2D eigenvalue weighted by molar-refractivity contribution is -0.117. The molecule has 4 aliphatic heterocycles. The van der Waals surface area contributed by atoms with Gasteiger partial charge in [-0.15, -0.1) is 68.0 Å². The molecule has 4 N–H and O–H groups in total. The fourth-order valence-electron chi connectivity index (χ4n) is 6.09. The van der Waals surface area contributed by atoms with E-state index in [-0.39, 0.29) is 23.6 Å². The Morgan fingerprint density at radius 1 is 0.370 bits per heavy atom. The molecule has 10 rings (SSSR count). The second-order valence-electron chi connectivity index (χ2n) is 10.7. The number of hydrogen-bond donors (Lipinski definition) is 4. The molecule has 0 saturated heterocycles. The molecular formula is C32H14N4O4S6. The molecule has 0 spiro atoms. The van der Waals surface area contributed by atoms with E-state index in [4.69, 9.17) is 0 Å². The predicted molar refractivity (Wildman–Crippen MR) is 187 cm³/mol. The Labute approximate surface area is 282 Å². The fraction of sp³-hybridized carbons (Fsp3) is 0. The monoisotopic (exact) mass is 710 g/mol. The lowest BCUT2D eigenvalue weighted by Crippen LogP contribution is -2.20. The molecule has 46 heavy (non-hydrogen) atoms. The summed E-state index contributed by atoms with van der Waals surface area (Å²) in [4.78, 5) is 57.8. The molecule has 0 aromatic carbocycles. The first kappa shape index (κ1) is 26.7. The Hall–Kier alpha value is -4.44. The maximum Gasteiger partial charge on any atom is 0.258 e. The van der Waals surface area contributed by atoms with Gasteiger partial charge in [0.1, 0.15) is 0 Å². The number of thiophene rings is 6. The van der Waals surface area contributed by atoms with Crippen LogP contribution in [0.4, 0.5) is 0 Å². The van der Waals surface area contributed by atoms with Crippen LogP contribution in [0.15, 0.2) is 81.6 Å². The summed E-state index contributed by atoms with van der Waals surface area (Å²) < 4.78 is 4.48. The van der Waals surface area contributed by atoms with E-state index in [0.717, 1.165) is 48.1 Å². The second kappa shape index (κ2) is 9.54. The largest absolute Gasteiger partial charge is 0.320 e. The molecule has 14 heteroatoms. The van der Waals surface area contributed by atoms with Gasteiger partial charge in [0.15, 0.2) is 0 Å². The minimum atomic E-state index is -0.297. The maximum atomic E-state index is 13.2. The lowest BCUT2D eigenvalue weighted by Gasteiger charge is -2.04. The van der Waals surface area contributed by atoms with E-state index in [2.05, 4.69) is 21.3 Å². The van der Waals surface area contributed by atoms with Gasteiger partial charge in [0.25, 0.3) is 23.6 Å². The zero-order valence-corrected chi connectivity index (χ0v) is 27.8. The van der Waals surface area contributed by atoms with E-state index in [1.54, 1.807) is 45.3 Å². The summed E-state index contributed by atoms with van der Waals surface area (Å²) in [6, 6.07) is 15.8. The van der Waals surface area contributed by atoms with Crippen molar-refractivity contribution in [2.75, 3.05) is 0 Å². The van der Waals surface area contributed by atoms with Gasteiger partial charge < -0.3 is 21.3 Å². The van der Waals surface area contributed by atoms with E-state index >= 15 is 0 Å². The molecule has 0 radical (unpaired) electrons. The number of rotatable bonds is 5. The van der Waals surface area contributed by atoms with Crippen molar-refractivity contribution in [1.29, 1.82) is 0 Å². The van der Waals surface area contributed by atoms with Crippen molar-refractivity contribution < 1.29 is 19.2 Å². The highest BCUT2D eigenvalue weighted by Crippen LogP contribution is 2.46. The van der Waals surface area contributed by atoms with Crippen LogP contribution < -0.4 is 21.3 Å². The summed E-state index contributed by atoms with van der Waals surface area (Å²) in [6.45, 7) is 0. The summed E-state index contributed by atoms with van der Waals surface area (Å²) in [6.07, 6.45) is 0. The van der Waals surface area contributed by atoms with Crippen LogP contribution in [-0.2, 0) is 19.2 Å². The maximum absolute atomic E-state index is 13.2. The molecule has 6 aromatic heterocycles. The van der Waals surface area contributed by atoms with Crippen LogP contribution in [0, 0.1) is 0 Å². The first-order valence-electron chi connectivity index (χ1n) is 13.8. The SMILES string of the molecule is O=C1NC(c2cc3sccc3s2)=C2C(=O)NC(c3ccc(-c4ccc(C5=C6C(=O)NC(c7cc8sccc8s7)=C6C(=O)N5)s4)s3)=C12. The van der Waals surface area contributed by atoms with E-state index in [1.807, 2.05) is 59.3 Å². The molecule has 0 unspecified atom stereocenters. The summed E-state index contributed by atoms with van der Waals surface area (Å²) in [5, 5.41) is 15.8. The van der Waals surface area contributed by atoms with Crippen LogP contribution in [0.5, 0.6) is 0 Å². The van der Waals surface area contributed by atoms with E-state index < -0.39 is 0 Å². The number of carbonyl (C=O) groups is 4. The van der Waals surface area contributed by atoms with Gasteiger partial charge in [-0.2, -0.15) is 0 Å². The highest BCUT2D eigenvalue weighted by molar-refractivity contribution is 7.28. The molecule has 4 amide bonds. The van der Waals surface area contributed by atoms with Crippen LogP contribution in [0.25, 0.3) is 51.3 Å². The van der Waals surface area contributed by atoms with E-state index in [0.29, 0.717) is 45.1 Å². The van der Waals surface area contributed by atoms with Gasteiger partial charge in [-0.25, -0.2) is 0 Å². The number of amides is 4. The van der Waals surface area contributed by atoms with Gasteiger partial charge in [-0.05, 0) is 59.3 Å². The Balaban J connectivity index is 0.994. The lowest BCUT2D eigenvalue weighted by atomic mass is 10.1. The number of fused-ring (bicyclic) bond motifs is 4. The smallest absolute Gasteiger partial charge is 0.258 e. The molecule has 0 saturated carbocycles. The third-order valence-corrected chi connectivity index (χ3v) is 14.7. The molecule has 6 aromatic rings. The molecule has 8 nitrogen and oxygen atoms in total. The van der Waals surface area contributed by atoms with Gasteiger partial charge in [0.05, 0.1) is 64.6 Å². The van der Waals surface area contributed by atoms with Crippen molar-refractivity contribution in [2.24, 2.45) is 0 Å². The molecule has 222 valence electrons. The zero-order valence-electron chi connectivity index (χ0n) is 22.9. The average Bonchev–Trinajstić information content (AvgIpc) is 3.85. The summed E-state index contributed by atoms with van der Waals surface area (Å²) in [5.74, 6) is -1.19. The molecule has 10 heterocycles. The third-order valence-electron chi connectivity index (χ3n) is 8.08. The first-order valence-corrected chi connectivity index (χ1v) is 18.8. The fourth-order valence-corrected chi connectivity index (χ4v) is 12.4. The summed E-state index contributed by atoms with van der Waals surface area (Å²) >= 11 is 9.29. The summed E-state index contributed by atoms with van der Waals surface area (Å²) in [5.41, 5.74) is 3.62. The molecule has 4 aliphatic rings. The van der Waals surface area contributed by atoms with Crippen molar-refractivity contribution in [3.63, 3.8) is 0 Å². The van der Waals surface area contributed by atoms with Gasteiger partial charge in [-0.3, -0.25) is 19.2 Å². The topological polar surface area (TPSA) is 116 Å². The number of hydrogen-bond acceptors (Lipinski definition) is 10. The number of nitrogens with one attached hydrogen (secondary N) is 4. The van der Waals surface area contributed by atoms with Crippen molar-refractivity contribution in [3.05, 3.63) is 101 Å². The number of carbonyl (C=O) groups excluding carboxylic acids is 4. The molecule has 0 fully saturated rings. The van der Waals surface area contributed by atoms with Crippen LogP contribution in [0.2, 0.25) is 0 Å². The average molecular weight is 711 g/mol. The molecule has 0 atom stereocenters. The van der Waals surface area contributed by atoms with Crippen LogP contribution in [0.3, 0.4) is 0 Å². The van der Waals surface area contributed by atoms with E-state index in [1.165, 1.54) is 22.7 Å². The first-order chi connectivity index (χ1) is 22.4. The van der Waals surface area contributed by atoms with Crippen molar-refractivity contribution in [3.8, 4) is 9.75 Å². The minimum Gasteiger partial charge on any atom is -0.320 e. The van der Waals surface area contributed by atoms with Gasteiger partial charge in [0.2, 0.25) is 0 Å². The molecule has 0 bridgehead atoms. The second-order valence-corrected chi connectivity index (χ2v) is 16.9. The van der Waals surface area contributed by atoms with Crippen molar-refractivity contribution >= 4 is 133 Å². The zero-order chi connectivity index (χ0) is 30.8. The van der Waals surface area contributed by atoms with Crippen LogP contribution >= 0.6 is 68.0 Å². The van der Waals surface area contributed by atoms with Crippen LogP contribution in [0.1, 0.15) is 19.5 Å². The van der Waals surface area contributed by atoms with Crippen molar-refractivity contribution in [2.45, 2.75) is 0 Å². The van der Waals surface area contributed by atoms with Gasteiger partial charge in [-0.1, -0.05) is 0 Å². The third kappa shape index (κ3) is 3.73.